The Hall–Kier alpha value is -1.67. The molecule has 0 bridgehead atoms. The van der Waals surface area contributed by atoms with E-state index in [-0.39, 0.29) is 10.7 Å². The van der Waals surface area contributed by atoms with Crippen molar-refractivity contribution >= 4 is 9.84 Å². The lowest BCUT2D eigenvalue weighted by molar-refractivity contribution is 0.601. The van der Waals surface area contributed by atoms with Crippen molar-refractivity contribution in [1.29, 1.82) is 5.26 Å². The predicted octanol–water partition coefficient (Wildman–Crippen LogP) is 0.870. The van der Waals surface area contributed by atoms with Crippen molar-refractivity contribution in [3.05, 3.63) is 35.9 Å². The number of rotatable bonds is 2. The fraction of sp³-hybridized carbons (Fsp3) is 0. The molecule has 0 spiro atoms. The monoisotopic (exact) mass is 194 g/mol. The van der Waals surface area contributed by atoms with E-state index in [1.807, 2.05) is 0 Å². The van der Waals surface area contributed by atoms with Crippen LogP contribution in [-0.2, 0) is 9.84 Å². The van der Waals surface area contributed by atoms with Gasteiger partial charge in [-0.2, -0.15) is 5.26 Å². The largest absolute Gasteiger partial charge is 0.225 e. The molecule has 66 valence electrons. The quantitative estimate of drug-likeness (QED) is 0.700. The summed E-state index contributed by atoms with van der Waals surface area (Å²) < 4.78 is 22.4. The standard InChI is InChI=1S/C8H6N2O2S/c1-2-13(11,12)8-5-3-4-7(6-9)10-8/h2-5H,1H2. The first-order valence-electron chi connectivity index (χ1n) is 3.35. The second-order valence-corrected chi connectivity index (χ2v) is 4.03. The van der Waals surface area contributed by atoms with E-state index < -0.39 is 9.84 Å². The maximum Gasteiger partial charge on any atom is 0.216 e. The molecule has 0 aromatic carbocycles. The molecule has 0 aliphatic heterocycles. The van der Waals surface area contributed by atoms with E-state index in [0.717, 1.165) is 5.41 Å². The van der Waals surface area contributed by atoms with E-state index in [1.54, 1.807) is 6.07 Å². The van der Waals surface area contributed by atoms with Crippen LogP contribution in [0.5, 0.6) is 0 Å². The van der Waals surface area contributed by atoms with Crippen LogP contribution in [0, 0.1) is 11.3 Å². The molecule has 0 N–H and O–H groups in total. The molecule has 0 saturated carbocycles. The van der Waals surface area contributed by atoms with Crippen molar-refractivity contribution in [3.63, 3.8) is 0 Å². The third-order valence-corrected chi connectivity index (χ3v) is 2.60. The first-order valence-corrected chi connectivity index (χ1v) is 4.89. The molecular formula is C8H6N2O2S. The van der Waals surface area contributed by atoms with Crippen LogP contribution < -0.4 is 0 Å². The summed E-state index contributed by atoms with van der Waals surface area (Å²) in [4.78, 5) is 3.61. The van der Waals surface area contributed by atoms with Crippen LogP contribution in [-0.4, -0.2) is 13.4 Å². The Morgan fingerprint density at radius 1 is 1.54 bits per heavy atom. The minimum absolute atomic E-state index is 0.0722. The van der Waals surface area contributed by atoms with Crippen molar-refractivity contribution in [1.82, 2.24) is 4.98 Å². The Bertz CT molecular complexity index is 471. The molecule has 4 nitrogen and oxygen atoms in total. The highest BCUT2D eigenvalue weighted by molar-refractivity contribution is 7.94. The van der Waals surface area contributed by atoms with Gasteiger partial charge in [0.2, 0.25) is 9.84 Å². The summed E-state index contributed by atoms with van der Waals surface area (Å²) in [6.07, 6.45) is 0. The van der Waals surface area contributed by atoms with Gasteiger partial charge in [0.1, 0.15) is 11.8 Å². The van der Waals surface area contributed by atoms with Gasteiger partial charge in [0, 0.05) is 5.41 Å². The summed E-state index contributed by atoms with van der Waals surface area (Å²) in [6, 6.07) is 5.96. The van der Waals surface area contributed by atoms with Gasteiger partial charge in [-0.3, -0.25) is 0 Å². The number of pyridine rings is 1. The average Bonchev–Trinajstić information content (AvgIpc) is 2.18. The lowest BCUT2D eigenvalue weighted by atomic mass is 10.4. The van der Waals surface area contributed by atoms with E-state index >= 15 is 0 Å². The Morgan fingerprint density at radius 3 is 2.77 bits per heavy atom. The maximum absolute atomic E-state index is 11.2. The van der Waals surface area contributed by atoms with Crippen LogP contribution in [0.1, 0.15) is 5.69 Å². The van der Waals surface area contributed by atoms with Crippen molar-refractivity contribution < 1.29 is 8.42 Å². The maximum atomic E-state index is 11.2. The lowest BCUT2D eigenvalue weighted by Gasteiger charge is -1.96. The second-order valence-electron chi connectivity index (χ2n) is 2.18. The number of sulfone groups is 1. The molecule has 0 unspecified atom stereocenters. The van der Waals surface area contributed by atoms with E-state index in [4.69, 9.17) is 5.26 Å². The van der Waals surface area contributed by atoms with Crippen LogP contribution in [0.25, 0.3) is 0 Å². The second kappa shape index (κ2) is 3.37. The summed E-state index contributed by atoms with van der Waals surface area (Å²) in [5, 5.41) is 9.12. The molecule has 1 rings (SSSR count). The summed E-state index contributed by atoms with van der Waals surface area (Å²) >= 11 is 0. The molecule has 0 amide bonds. The van der Waals surface area contributed by atoms with Gasteiger partial charge in [-0.1, -0.05) is 12.6 Å². The lowest BCUT2D eigenvalue weighted by Crippen LogP contribution is -1.99. The van der Waals surface area contributed by atoms with Crippen molar-refractivity contribution in [2.75, 3.05) is 0 Å². The highest BCUT2D eigenvalue weighted by Crippen LogP contribution is 2.08. The highest BCUT2D eigenvalue weighted by Gasteiger charge is 2.10. The third-order valence-electron chi connectivity index (χ3n) is 1.35. The number of nitriles is 1. The van der Waals surface area contributed by atoms with Gasteiger partial charge in [-0.25, -0.2) is 13.4 Å². The molecule has 1 heterocycles. The van der Waals surface area contributed by atoms with Gasteiger partial charge >= 0.3 is 0 Å². The molecule has 0 radical (unpaired) electrons. The van der Waals surface area contributed by atoms with Crippen LogP contribution in [0.2, 0.25) is 0 Å². The molecule has 0 saturated heterocycles. The Balaban J connectivity index is 3.34. The minimum Gasteiger partial charge on any atom is -0.225 e. The molecule has 1 aromatic heterocycles. The Labute approximate surface area is 76.1 Å². The first-order chi connectivity index (χ1) is 6.10. The Kier molecular flexibility index (Phi) is 2.44. The van der Waals surface area contributed by atoms with Gasteiger partial charge in [-0.05, 0) is 12.1 Å². The van der Waals surface area contributed by atoms with Crippen LogP contribution in [0.15, 0.2) is 35.2 Å². The summed E-state index contributed by atoms with van der Waals surface area (Å²) in [5.74, 6) is 0. The van der Waals surface area contributed by atoms with Crippen LogP contribution in [0.4, 0.5) is 0 Å². The van der Waals surface area contributed by atoms with Gasteiger partial charge in [-0.15, -0.1) is 0 Å². The molecule has 0 fully saturated rings. The average molecular weight is 194 g/mol. The van der Waals surface area contributed by atoms with Gasteiger partial charge in [0.25, 0.3) is 0 Å². The van der Waals surface area contributed by atoms with Gasteiger partial charge in [0.05, 0.1) is 0 Å². The normalized spacial score (nSPS) is 10.4. The number of hydrogen-bond donors (Lipinski definition) is 0. The molecule has 13 heavy (non-hydrogen) atoms. The minimum atomic E-state index is -3.53. The topological polar surface area (TPSA) is 70.8 Å². The van der Waals surface area contributed by atoms with Crippen LogP contribution in [0.3, 0.4) is 0 Å². The van der Waals surface area contributed by atoms with Crippen molar-refractivity contribution in [2.45, 2.75) is 5.03 Å². The molecule has 5 heteroatoms. The summed E-state index contributed by atoms with van der Waals surface area (Å²) in [5.41, 5.74) is 0.0722. The fourth-order valence-corrected chi connectivity index (χ4v) is 1.39. The van der Waals surface area contributed by atoms with E-state index in [1.165, 1.54) is 18.2 Å². The smallest absolute Gasteiger partial charge is 0.216 e. The number of nitrogens with zero attached hydrogens (tertiary/aromatic N) is 2. The first kappa shape index (κ1) is 9.42. The SMILES string of the molecule is C=CS(=O)(=O)c1cccc(C#N)n1. The third kappa shape index (κ3) is 1.92. The van der Waals surface area contributed by atoms with E-state index in [9.17, 15) is 8.42 Å². The molecule has 0 aliphatic rings. The number of aromatic nitrogens is 1. The molecule has 1 aromatic rings. The summed E-state index contributed by atoms with van der Waals surface area (Å²) in [7, 11) is -3.53. The molecule has 0 atom stereocenters. The Morgan fingerprint density at radius 2 is 2.23 bits per heavy atom. The molecular weight excluding hydrogens is 188 g/mol. The van der Waals surface area contributed by atoms with E-state index in [2.05, 4.69) is 11.6 Å². The zero-order valence-corrected chi connectivity index (χ0v) is 7.45. The van der Waals surface area contributed by atoms with E-state index in [0.29, 0.717) is 0 Å². The van der Waals surface area contributed by atoms with Crippen LogP contribution >= 0.6 is 0 Å². The predicted molar refractivity (Wildman–Crippen MR) is 46.3 cm³/mol. The van der Waals surface area contributed by atoms with Crippen molar-refractivity contribution in [3.8, 4) is 6.07 Å². The van der Waals surface area contributed by atoms with Gasteiger partial charge in [0.15, 0.2) is 5.03 Å². The highest BCUT2D eigenvalue weighted by atomic mass is 32.2. The van der Waals surface area contributed by atoms with Crippen molar-refractivity contribution in [2.24, 2.45) is 0 Å². The fourth-order valence-electron chi connectivity index (χ4n) is 0.721. The summed E-state index contributed by atoms with van der Waals surface area (Å²) in [6.45, 7) is 3.15. The number of hydrogen-bond acceptors (Lipinski definition) is 4. The zero-order chi connectivity index (χ0) is 9.90. The zero-order valence-electron chi connectivity index (χ0n) is 6.64. The molecule has 0 aliphatic carbocycles. The van der Waals surface area contributed by atoms with Gasteiger partial charge < -0.3 is 0 Å².